The first kappa shape index (κ1) is 21.7. The molecular formula is C25H25N7O2. The summed E-state index contributed by atoms with van der Waals surface area (Å²) in [6, 6.07) is 14.3. The van der Waals surface area contributed by atoms with Crippen LogP contribution in [0.4, 0.5) is 0 Å². The van der Waals surface area contributed by atoms with Gasteiger partial charge in [-0.05, 0) is 50.0 Å². The number of Topliss-reactive ketones (excluding diaryl/α,β-unsaturated/α-hetero) is 1. The Morgan fingerprint density at radius 1 is 1.12 bits per heavy atom. The Kier molecular flexibility index (Phi) is 5.56. The first-order valence-electron chi connectivity index (χ1n) is 10.9. The fourth-order valence-electron chi connectivity index (χ4n) is 4.27. The van der Waals surface area contributed by atoms with E-state index in [1.165, 1.54) is 0 Å². The molecule has 1 atom stereocenters. The number of amides is 1. The molecule has 1 amide bonds. The smallest absolute Gasteiger partial charge is 0.248 e. The summed E-state index contributed by atoms with van der Waals surface area (Å²) >= 11 is 0. The lowest BCUT2D eigenvalue weighted by atomic mass is 9.96. The predicted octanol–water partition coefficient (Wildman–Crippen LogP) is 2.25. The Hall–Kier alpha value is -4.08. The fraction of sp³-hybridized carbons (Fsp3) is 0.200. The van der Waals surface area contributed by atoms with E-state index in [9.17, 15) is 9.59 Å². The Labute approximate surface area is 196 Å². The molecule has 1 unspecified atom stereocenters. The SMILES string of the molecule is CN(C)Cc1nccn1-c1ccc(C2NCc3ncn(-c4cccc(C(N)=O)c4)c3C2=O)cc1. The van der Waals surface area contributed by atoms with Crippen LogP contribution in [-0.4, -0.2) is 49.8 Å². The molecular weight excluding hydrogens is 430 g/mol. The molecule has 1 aliphatic rings. The number of primary amides is 1. The van der Waals surface area contributed by atoms with Crippen molar-refractivity contribution in [3.8, 4) is 11.4 Å². The highest BCUT2D eigenvalue weighted by Crippen LogP contribution is 2.28. The number of nitrogens with two attached hydrogens (primary N) is 1. The van der Waals surface area contributed by atoms with Crippen molar-refractivity contribution in [1.82, 2.24) is 29.3 Å². The third-order valence-corrected chi connectivity index (χ3v) is 5.90. The molecule has 0 bridgehead atoms. The summed E-state index contributed by atoms with van der Waals surface area (Å²) in [6.45, 7) is 1.19. The molecule has 3 N–H and O–H groups in total. The predicted molar refractivity (Wildman–Crippen MR) is 127 cm³/mol. The first-order valence-corrected chi connectivity index (χ1v) is 10.9. The molecule has 172 valence electrons. The second kappa shape index (κ2) is 8.69. The van der Waals surface area contributed by atoms with Crippen molar-refractivity contribution in [3.05, 3.63) is 95.6 Å². The lowest BCUT2D eigenvalue weighted by Gasteiger charge is -2.24. The zero-order chi connectivity index (χ0) is 23.8. The number of aromatic nitrogens is 4. The number of hydrogen-bond acceptors (Lipinski definition) is 6. The van der Waals surface area contributed by atoms with E-state index in [0.29, 0.717) is 29.2 Å². The molecule has 4 aromatic rings. The number of carbonyl (C=O) groups is 2. The highest BCUT2D eigenvalue weighted by Gasteiger charge is 2.32. The van der Waals surface area contributed by atoms with E-state index < -0.39 is 11.9 Å². The molecule has 3 heterocycles. The molecule has 9 nitrogen and oxygen atoms in total. The van der Waals surface area contributed by atoms with Gasteiger partial charge < -0.3 is 15.2 Å². The van der Waals surface area contributed by atoms with Crippen molar-refractivity contribution >= 4 is 11.7 Å². The van der Waals surface area contributed by atoms with E-state index in [4.69, 9.17) is 5.73 Å². The molecule has 5 rings (SSSR count). The van der Waals surface area contributed by atoms with Gasteiger partial charge in [-0.1, -0.05) is 18.2 Å². The summed E-state index contributed by atoms with van der Waals surface area (Å²) in [4.78, 5) is 36.1. The van der Waals surface area contributed by atoms with Gasteiger partial charge in [0.25, 0.3) is 0 Å². The number of imidazole rings is 2. The van der Waals surface area contributed by atoms with Gasteiger partial charge in [0, 0.05) is 35.9 Å². The monoisotopic (exact) mass is 455 g/mol. The Balaban J connectivity index is 1.44. The maximum absolute atomic E-state index is 13.5. The minimum atomic E-state index is -0.520. The van der Waals surface area contributed by atoms with Crippen molar-refractivity contribution < 1.29 is 9.59 Å². The van der Waals surface area contributed by atoms with Gasteiger partial charge in [-0.25, -0.2) is 9.97 Å². The molecule has 0 radical (unpaired) electrons. The lowest BCUT2D eigenvalue weighted by molar-refractivity contribution is 0.0922. The summed E-state index contributed by atoms with van der Waals surface area (Å²) in [7, 11) is 4.01. The molecule has 0 fully saturated rings. The van der Waals surface area contributed by atoms with Gasteiger partial charge in [-0.3, -0.25) is 19.5 Å². The van der Waals surface area contributed by atoms with E-state index >= 15 is 0 Å². The van der Waals surface area contributed by atoms with Gasteiger partial charge in [0.2, 0.25) is 11.7 Å². The van der Waals surface area contributed by atoms with Gasteiger partial charge in [0.15, 0.2) is 0 Å². The Morgan fingerprint density at radius 3 is 2.65 bits per heavy atom. The van der Waals surface area contributed by atoms with Crippen LogP contribution in [0.2, 0.25) is 0 Å². The van der Waals surface area contributed by atoms with Crippen molar-refractivity contribution in [2.45, 2.75) is 19.1 Å². The van der Waals surface area contributed by atoms with Gasteiger partial charge in [-0.15, -0.1) is 0 Å². The quantitative estimate of drug-likeness (QED) is 0.461. The average molecular weight is 456 g/mol. The average Bonchev–Trinajstić information content (AvgIpc) is 3.47. The topological polar surface area (TPSA) is 111 Å². The van der Waals surface area contributed by atoms with Crippen molar-refractivity contribution in [2.75, 3.05) is 14.1 Å². The van der Waals surface area contributed by atoms with Crippen LogP contribution in [0.15, 0.2) is 67.3 Å². The normalized spacial score (nSPS) is 15.5. The second-order valence-corrected chi connectivity index (χ2v) is 8.55. The Bertz CT molecular complexity index is 1370. The number of carbonyl (C=O) groups excluding carboxylic acids is 2. The molecule has 2 aromatic carbocycles. The molecule has 0 saturated heterocycles. The Morgan fingerprint density at radius 2 is 1.91 bits per heavy atom. The van der Waals surface area contributed by atoms with Crippen LogP contribution < -0.4 is 11.1 Å². The van der Waals surface area contributed by atoms with Gasteiger partial charge in [0.1, 0.15) is 17.8 Å². The highest BCUT2D eigenvalue weighted by molar-refractivity contribution is 6.02. The van der Waals surface area contributed by atoms with E-state index in [2.05, 4.69) is 20.2 Å². The van der Waals surface area contributed by atoms with Crippen LogP contribution >= 0.6 is 0 Å². The third-order valence-electron chi connectivity index (χ3n) is 5.90. The van der Waals surface area contributed by atoms with Crippen LogP contribution in [0.5, 0.6) is 0 Å². The van der Waals surface area contributed by atoms with Crippen LogP contribution in [0.25, 0.3) is 11.4 Å². The number of rotatable bonds is 6. The zero-order valence-corrected chi connectivity index (χ0v) is 19.0. The molecule has 1 aliphatic heterocycles. The van der Waals surface area contributed by atoms with E-state index in [1.807, 2.05) is 55.2 Å². The van der Waals surface area contributed by atoms with E-state index in [-0.39, 0.29) is 5.78 Å². The number of nitrogens with zero attached hydrogens (tertiary/aromatic N) is 5. The largest absolute Gasteiger partial charge is 0.366 e. The third kappa shape index (κ3) is 3.91. The van der Waals surface area contributed by atoms with Gasteiger partial charge in [-0.2, -0.15) is 0 Å². The zero-order valence-electron chi connectivity index (χ0n) is 19.0. The molecule has 2 aromatic heterocycles. The fourth-order valence-corrected chi connectivity index (χ4v) is 4.27. The lowest BCUT2D eigenvalue weighted by Crippen LogP contribution is -2.35. The molecule has 0 aliphatic carbocycles. The number of benzene rings is 2. The summed E-state index contributed by atoms with van der Waals surface area (Å²) in [6.07, 6.45) is 5.33. The maximum Gasteiger partial charge on any atom is 0.248 e. The van der Waals surface area contributed by atoms with Crippen molar-refractivity contribution in [1.29, 1.82) is 0 Å². The summed E-state index contributed by atoms with van der Waals surface area (Å²) in [5.41, 5.74) is 9.51. The van der Waals surface area contributed by atoms with Gasteiger partial charge in [0.05, 0.1) is 18.3 Å². The summed E-state index contributed by atoms with van der Waals surface area (Å²) in [5.74, 6) is 0.344. The van der Waals surface area contributed by atoms with E-state index in [1.54, 1.807) is 35.3 Å². The maximum atomic E-state index is 13.5. The van der Waals surface area contributed by atoms with Gasteiger partial charge >= 0.3 is 0 Å². The number of hydrogen-bond donors (Lipinski definition) is 2. The molecule has 9 heteroatoms. The van der Waals surface area contributed by atoms with Crippen LogP contribution in [0.3, 0.4) is 0 Å². The minimum Gasteiger partial charge on any atom is -0.366 e. The standard InChI is InChI=1S/C25H25N7O2/c1-30(2)14-21-27-10-11-31(21)18-8-6-16(7-9-18)22-24(33)23-20(13-28-22)29-15-32(23)19-5-3-4-17(12-19)25(26)34/h3-12,15,22,28H,13-14H2,1-2H3,(H2,26,34). The molecule has 34 heavy (non-hydrogen) atoms. The van der Waals surface area contributed by atoms with Crippen LogP contribution in [0.1, 0.15) is 44.0 Å². The highest BCUT2D eigenvalue weighted by atomic mass is 16.1. The molecule has 0 spiro atoms. The van der Waals surface area contributed by atoms with Crippen LogP contribution in [-0.2, 0) is 13.1 Å². The minimum absolute atomic E-state index is 0.0769. The number of fused-ring (bicyclic) bond motifs is 1. The second-order valence-electron chi connectivity index (χ2n) is 8.55. The molecule has 0 saturated carbocycles. The van der Waals surface area contributed by atoms with E-state index in [0.717, 1.165) is 23.6 Å². The number of ketones is 1. The summed E-state index contributed by atoms with van der Waals surface area (Å²) < 4.78 is 3.77. The number of nitrogens with one attached hydrogen (secondary N) is 1. The first-order chi connectivity index (χ1) is 16.4. The summed E-state index contributed by atoms with van der Waals surface area (Å²) in [5, 5.41) is 3.30. The van der Waals surface area contributed by atoms with Crippen molar-refractivity contribution in [2.24, 2.45) is 5.73 Å². The van der Waals surface area contributed by atoms with Crippen LogP contribution in [0, 0.1) is 0 Å². The van der Waals surface area contributed by atoms with Crippen molar-refractivity contribution in [3.63, 3.8) is 0 Å².